The molecule has 0 saturated carbocycles. The Labute approximate surface area is 147 Å². The van der Waals surface area contributed by atoms with Crippen molar-refractivity contribution < 1.29 is 14.7 Å². The van der Waals surface area contributed by atoms with Gasteiger partial charge in [0.25, 0.3) is 5.56 Å². The monoisotopic (exact) mass is 395 g/mol. The number of carboxylic acids is 1. The highest BCUT2D eigenvalue weighted by Gasteiger charge is 2.16. The summed E-state index contributed by atoms with van der Waals surface area (Å²) < 4.78 is 2.15. The Morgan fingerprint density at radius 3 is 2.79 bits per heavy atom. The maximum absolute atomic E-state index is 12.4. The van der Waals surface area contributed by atoms with Crippen molar-refractivity contribution in [1.29, 1.82) is 0 Å². The van der Waals surface area contributed by atoms with E-state index in [0.717, 1.165) is 4.47 Å². The first-order valence-corrected chi connectivity index (χ1v) is 8.36. The summed E-state index contributed by atoms with van der Waals surface area (Å²) in [6.07, 6.45) is 2.13. The van der Waals surface area contributed by atoms with Crippen molar-refractivity contribution in [2.24, 2.45) is 0 Å². The summed E-state index contributed by atoms with van der Waals surface area (Å²) in [7, 11) is 0. The van der Waals surface area contributed by atoms with E-state index in [1.807, 2.05) is 6.92 Å². The van der Waals surface area contributed by atoms with Gasteiger partial charge in [-0.05, 0) is 24.6 Å². The first-order valence-electron chi connectivity index (χ1n) is 7.56. The fourth-order valence-corrected chi connectivity index (χ4v) is 2.75. The number of rotatable bonds is 7. The lowest BCUT2D eigenvalue weighted by Gasteiger charge is -2.20. The van der Waals surface area contributed by atoms with Crippen molar-refractivity contribution in [3.8, 4) is 0 Å². The van der Waals surface area contributed by atoms with Crippen molar-refractivity contribution in [2.45, 2.75) is 26.3 Å². The zero-order chi connectivity index (χ0) is 17.7. The predicted octanol–water partition coefficient (Wildman–Crippen LogP) is 1.87. The third-order valence-electron chi connectivity index (χ3n) is 3.52. The number of carbonyl (C=O) groups excluding carboxylic acids is 1. The molecule has 1 N–H and O–H groups in total. The van der Waals surface area contributed by atoms with Crippen LogP contribution in [0.25, 0.3) is 10.9 Å². The lowest BCUT2D eigenvalue weighted by molar-refractivity contribution is -0.144. The van der Waals surface area contributed by atoms with Crippen LogP contribution in [-0.4, -0.2) is 44.5 Å². The predicted molar refractivity (Wildman–Crippen MR) is 92.8 cm³/mol. The summed E-state index contributed by atoms with van der Waals surface area (Å²) in [4.78, 5) is 41.0. The van der Waals surface area contributed by atoms with Gasteiger partial charge in [-0.3, -0.25) is 19.0 Å². The van der Waals surface area contributed by atoms with Gasteiger partial charge < -0.3 is 10.0 Å². The molecule has 0 aliphatic heterocycles. The largest absolute Gasteiger partial charge is 0.480 e. The molecule has 8 heteroatoms. The van der Waals surface area contributed by atoms with Crippen LogP contribution in [0.3, 0.4) is 0 Å². The van der Waals surface area contributed by atoms with E-state index < -0.39 is 5.97 Å². The SMILES string of the molecule is CCCN(CC(=O)O)C(=O)CCn1cnc2ccc(Br)cc2c1=O. The van der Waals surface area contributed by atoms with Crippen molar-refractivity contribution in [3.63, 3.8) is 0 Å². The molecule has 0 atom stereocenters. The van der Waals surface area contributed by atoms with Crippen LogP contribution in [0.15, 0.2) is 33.8 Å². The number of aromatic nitrogens is 2. The van der Waals surface area contributed by atoms with Gasteiger partial charge in [-0.25, -0.2) is 4.98 Å². The zero-order valence-corrected chi connectivity index (χ0v) is 14.8. The van der Waals surface area contributed by atoms with Crippen LogP contribution in [0.4, 0.5) is 0 Å². The number of carbonyl (C=O) groups is 2. The van der Waals surface area contributed by atoms with Crippen LogP contribution in [0, 0.1) is 0 Å². The van der Waals surface area contributed by atoms with E-state index in [9.17, 15) is 14.4 Å². The molecule has 2 rings (SSSR count). The second-order valence-electron chi connectivity index (χ2n) is 5.36. The Kier molecular flexibility index (Phi) is 6.08. The van der Waals surface area contributed by atoms with Gasteiger partial charge in [-0.1, -0.05) is 22.9 Å². The molecule has 1 aromatic carbocycles. The van der Waals surface area contributed by atoms with Gasteiger partial charge in [0.05, 0.1) is 17.2 Å². The Morgan fingerprint density at radius 2 is 2.12 bits per heavy atom. The second kappa shape index (κ2) is 8.05. The van der Waals surface area contributed by atoms with Gasteiger partial charge in [-0.2, -0.15) is 0 Å². The number of aryl methyl sites for hydroxylation is 1. The molecule has 0 fully saturated rings. The molecular formula is C16H18BrN3O4. The van der Waals surface area contributed by atoms with E-state index in [1.165, 1.54) is 15.8 Å². The van der Waals surface area contributed by atoms with Crippen LogP contribution in [0.5, 0.6) is 0 Å². The maximum atomic E-state index is 12.4. The average molecular weight is 396 g/mol. The molecule has 0 bridgehead atoms. The Bertz CT molecular complexity index is 819. The van der Waals surface area contributed by atoms with E-state index in [0.29, 0.717) is 23.9 Å². The summed E-state index contributed by atoms with van der Waals surface area (Å²) >= 11 is 3.32. The number of fused-ring (bicyclic) bond motifs is 1. The van der Waals surface area contributed by atoms with E-state index in [-0.39, 0.29) is 31.0 Å². The van der Waals surface area contributed by atoms with Gasteiger partial charge in [0.15, 0.2) is 0 Å². The van der Waals surface area contributed by atoms with Crippen molar-refractivity contribution >= 4 is 38.7 Å². The molecule has 0 aliphatic carbocycles. The smallest absolute Gasteiger partial charge is 0.323 e. The second-order valence-corrected chi connectivity index (χ2v) is 6.28. The molecule has 1 amide bonds. The molecule has 24 heavy (non-hydrogen) atoms. The number of benzene rings is 1. The minimum Gasteiger partial charge on any atom is -0.480 e. The fraction of sp³-hybridized carbons (Fsp3) is 0.375. The summed E-state index contributed by atoms with van der Waals surface area (Å²) in [5.41, 5.74) is 0.360. The molecule has 1 aromatic heterocycles. The van der Waals surface area contributed by atoms with Gasteiger partial charge in [0, 0.05) is 24.0 Å². The van der Waals surface area contributed by atoms with Crippen LogP contribution in [-0.2, 0) is 16.1 Å². The number of nitrogens with zero attached hydrogens (tertiary/aromatic N) is 3. The third-order valence-corrected chi connectivity index (χ3v) is 4.02. The third kappa shape index (κ3) is 4.41. The Morgan fingerprint density at radius 1 is 1.38 bits per heavy atom. The molecule has 1 heterocycles. The molecule has 0 aliphatic rings. The van der Waals surface area contributed by atoms with Gasteiger partial charge >= 0.3 is 5.97 Å². The summed E-state index contributed by atoms with van der Waals surface area (Å²) in [6.45, 7) is 2.08. The molecular weight excluding hydrogens is 378 g/mol. The normalized spacial score (nSPS) is 10.8. The lowest BCUT2D eigenvalue weighted by atomic mass is 10.2. The standard InChI is InChI=1S/C16H18BrN3O4/c1-2-6-19(9-15(22)23)14(21)5-7-20-10-18-13-4-3-11(17)8-12(13)16(20)24/h3-4,8,10H,2,5-7,9H2,1H3,(H,22,23). The number of hydrogen-bond acceptors (Lipinski definition) is 4. The number of aliphatic carboxylic acids is 1. The van der Waals surface area contributed by atoms with Crippen LogP contribution in [0.2, 0.25) is 0 Å². The topological polar surface area (TPSA) is 92.5 Å². The minimum absolute atomic E-state index is 0.0500. The molecule has 128 valence electrons. The highest BCUT2D eigenvalue weighted by molar-refractivity contribution is 9.10. The molecule has 0 radical (unpaired) electrons. The van der Waals surface area contributed by atoms with Crippen LogP contribution in [0.1, 0.15) is 19.8 Å². The highest BCUT2D eigenvalue weighted by Crippen LogP contribution is 2.14. The quantitative estimate of drug-likeness (QED) is 0.772. The van der Waals surface area contributed by atoms with E-state index in [2.05, 4.69) is 20.9 Å². The van der Waals surface area contributed by atoms with Gasteiger partial charge in [0.2, 0.25) is 5.91 Å². The molecule has 7 nitrogen and oxygen atoms in total. The van der Waals surface area contributed by atoms with Crippen LogP contribution >= 0.6 is 15.9 Å². The number of hydrogen-bond donors (Lipinski definition) is 1. The molecule has 0 spiro atoms. The number of amides is 1. The maximum Gasteiger partial charge on any atom is 0.323 e. The fourth-order valence-electron chi connectivity index (χ4n) is 2.39. The highest BCUT2D eigenvalue weighted by atomic mass is 79.9. The Hall–Kier alpha value is -2.22. The summed E-state index contributed by atoms with van der Waals surface area (Å²) in [5.74, 6) is -1.34. The van der Waals surface area contributed by atoms with E-state index >= 15 is 0 Å². The summed E-state index contributed by atoms with van der Waals surface area (Å²) in [5, 5.41) is 9.34. The van der Waals surface area contributed by atoms with E-state index in [4.69, 9.17) is 5.11 Å². The first-order chi connectivity index (χ1) is 11.4. The van der Waals surface area contributed by atoms with Crippen LogP contribution < -0.4 is 5.56 Å². The number of halogens is 1. The Balaban J connectivity index is 2.15. The number of carboxylic acid groups (broad SMARTS) is 1. The minimum atomic E-state index is -1.05. The molecule has 0 unspecified atom stereocenters. The van der Waals surface area contributed by atoms with Gasteiger partial charge in [0.1, 0.15) is 6.54 Å². The first kappa shape index (κ1) is 18.1. The van der Waals surface area contributed by atoms with Crippen molar-refractivity contribution in [2.75, 3.05) is 13.1 Å². The average Bonchev–Trinajstić information content (AvgIpc) is 2.53. The van der Waals surface area contributed by atoms with Crippen molar-refractivity contribution in [3.05, 3.63) is 39.4 Å². The van der Waals surface area contributed by atoms with Crippen molar-refractivity contribution in [1.82, 2.24) is 14.5 Å². The zero-order valence-electron chi connectivity index (χ0n) is 13.2. The molecule has 0 saturated heterocycles. The van der Waals surface area contributed by atoms with Gasteiger partial charge in [-0.15, -0.1) is 0 Å². The lowest BCUT2D eigenvalue weighted by Crippen LogP contribution is -2.37. The summed E-state index contributed by atoms with van der Waals surface area (Å²) in [6, 6.07) is 5.24. The van der Waals surface area contributed by atoms with E-state index in [1.54, 1.807) is 18.2 Å². The molecule has 2 aromatic rings.